The highest BCUT2D eigenvalue weighted by Crippen LogP contribution is 2.25. The highest BCUT2D eigenvalue weighted by atomic mass is 32.1. The summed E-state index contributed by atoms with van der Waals surface area (Å²) in [6.45, 7) is 3.97. The van der Waals surface area contributed by atoms with Crippen LogP contribution in [-0.2, 0) is 0 Å². The molecule has 1 N–H and O–H groups in total. The summed E-state index contributed by atoms with van der Waals surface area (Å²) in [6, 6.07) is 9.56. The van der Waals surface area contributed by atoms with Crippen LogP contribution in [0.4, 0.5) is 10.8 Å². The van der Waals surface area contributed by atoms with Gasteiger partial charge in [0, 0.05) is 23.6 Å². The van der Waals surface area contributed by atoms with E-state index in [0.29, 0.717) is 10.0 Å². The van der Waals surface area contributed by atoms with Gasteiger partial charge in [-0.25, -0.2) is 4.98 Å². The van der Waals surface area contributed by atoms with E-state index in [-0.39, 0.29) is 5.78 Å². The van der Waals surface area contributed by atoms with E-state index in [1.54, 1.807) is 18.6 Å². The highest BCUT2D eigenvalue weighted by molar-refractivity contribution is 7.17. The number of hydrogen-bond acceptors (Lipinski definition) is 5. The van der Waals surface area contributed by atoms with Crippen LogP contribution in [0, 0.1) is 13.8 Å². The molecule has 3 aromatic rings. The first-order chi connectivity index (χ1) is 10.6. The minimum absolute atomic E-state index is 0.0118. The number of hydrogen-bond donors (Lipinski definition) is 1. The van der Waals surface area contributed by atoms with Crippen LogP contribution in [0.25, 0.3) is 0 Å². The van der Waals surface area contributed by atoms with Crippen molar-refractivity contribution in [3.05, 3.63) is 70.5 Å². The van der Waals surface area contributed by atoms with Crippen LogP contribution < -0.4 is 5.32 Å². The fourth-order valence-electron chi connectivity index (χ4n) is 2.20. The van der Waals surface area contributed by atoms with Gasteiger partial charge in [0.25, 0.3) is 0 Å². The van der Waals surface area contributed by atoms with E-state index in [0.717, 1.165) is 22.4 Å². The molecule has 0 aliphatic heterocycles. The van der Waals surface area contributed by atoms with E-state index in [9.17, 15) is 4.79 Å². The van der Waals surface area contributed by atoms with Crippen molar-refractivity contribution in [3.63, 3.8) is 0 Å². The Labute approximate surface area is 132 Å². The summed E-state index contributed by atoms with van der Waals surface area (Å²) in [7, 11) is 0. The number of aryl methyl sites for hydroxylation is 2. The summed E-state index contributed by atoms with van der Waals surface area (Å²) in [5.74, 6) is 0.0118. The SMILES string of the molecule is Cc1ccc(C(=O)c2cnc(Nc3ccncc3)s2)c(C)c1. The second-order valence-electron chi connectivity index (χ2n) is 5.04. The Morgan fingerprint density at radius 3 is 2.64 bits per heavy atom. The van der Waals surface area contributed by atoms with Gasteiger partial charge >= 0.3 is 0 Å². The van der Waals surface area contributed by atoms with E-state index in [1.807, 2.05) is 44.2 Å². The quantitative estimate of drug-likeness (QED) is 0.736. The molecule has 0 saturated carbocycles. The molecule has 1 aromatic carbocycles. The van der Waals surface area contributed by atoms with E-state index in [2.05, 4.69) is 15.3 Å². The van der Waals surface area contributed by atoms with Gasteiger partial charge in [0.2, 0.25) is 5.78 Å². The third-order valence-electron chi connectivity index (χ3n) is 3.29. The van der Waals surface area contributed by atoms with E-state index < -0.39 is 0 Å². The minimum Gasteiger partial charge on any atom is -0.331 e. The molecule has 5 heteroatoms. The molecule has 22 heavy (non-hydrogen) atoms. The number of carbonyl (C=O) groups is 1. The maximum Gasteiger partial charge on any atom is 0.204 e. The summed E-state index contributed by atoms with van der Waals surface area (Å²) < 4.78 is 0. The molecule has 0 fully saturated rings. The van der Waals surface area contributed by atoms with Gasteiger partial charge in [-0.2, -0.15) is 0 Å². The Morgan fingerprint density at radius 2 is 1.91 bits per heavy atom. The molecule has 0 spiro atoms. The number of anilines is 2. The first kappa shape index (κ1) is 14.4. The lowest BCUT2D eigenvalue weighted by atomic mass is 10.0. The predicted molar refractivity (Wildman–Crippen MR) is 89.0 cm³/mol. The van der Waals surface area contributed by atoms with Gasteiger partial charge in [0.1, 0.15) is 0 Å². The number of benzene rings is 1. The standard InChI is InChI=1S/C17H15N3OS/c1-11-3-4-14(12(2)9-11)16(21)15-10-19-17(22-15)20-13-5-7-18-8-6-13/h3-10H,1-2H3,(H,18,19,20). The average Bonchev–Trinajstić information content (AvgIpc) is 2.96. The number of rotatable bonds is 4. The van der Waals surface area contributed by atoms with Crippen molar-refractivity contribution in [1.29, 1.82) is 0 Å². The summed E-state index contributed by atoms with van der Waals surface area (Å²) in [5.41, 5.74) is 3.76. The maximum atomic E-state index is 12.6. The lowest BCUT2D eigenvalue weighted by Gasteiger charge is -2.04. The fourth-order valence-corrected chi connectivity index (χ4v) is 2.99. The molecule has 2 aromatic heterocycles. The molecule has 2 heterocycles. The number of aromatic nitrogens is 2. The van der Waals surface area contributed by atoms with Crippen molar-refractivity contribution in [2.45, 2.75) is 13.8 Å². The second-order valence-corrected chi connectivity index (χ2v) is 6.07. The van der Waals surface area contributed by atoms with E-state index in [1.165, 1.54) is 11.3 Å². The van der Waals surface area contributed by atoms with Gasteiger partial charge < -0.3 is 5.32 Å². The van der Waals surface area contributed by atoms with Gasteiger partial charge in [0.05, 0.1) is 11.1 Å². The van der Waals surface area contributed by atoms with Crippen LogP contribution >= 0.6 is 11.3 Å². The molecule has 4 nitrogen and oxygen atoms in total. The van der Waals surface area contributed by atoms with Crippen LogP contribution in [0.15, 0.2) is 48.9 Å². The van der Waals surface area contributed by atoms with Crippen molar-refractivity contribution in [2.24, 2.45) is 0 Å². The molecular weight excluding hydrogens is 294 g/mol. The van der Waals surface area contributed by atoms with Crippen molar-refractivity contribution in [3.8, 4) is 0 Å². The van der Waals surface area contributed by atoms with Crippen LogP contribution in [-0.4, -0.2) is 15.8 Å². The largest absolute Gasteiger partial charge is 0.331 e. The Morgan fingerprint density at radius 1 is 1.14 bits per heavy atom. The van der Waals surface area contributed by atoms with Gasteiger partial charge in [-0.3, -0.25) is 9.78 Å². The topological polar surface area (TPSA) is 54.9 Å². The number of nitrogens with zero attached hydrogens (tertiary/aromatic N) is 2. The Hall–Kier alpha value is -2.53. The van der Waals surface area contributed by atoms with E-state index >= 15 is 0 Å². The van der Waals surface area contributed by atoms with E-state index in [4.69, 9.17) is 0 Å². The minimum atomic E-state index is 0.0118. The number of pyridine rings is 1. The molecule has 110 valence electrons. The maximum absolute atomic E-state index is 12.6. The van der Waals surface area contributed by atoms with Crippen LogP contribution in [0.3, 0.4) is 0 Å². The smallest absolute Gasteiger partial charge is 0.204 e. The van der Waals surface area contributed by atoms with Gasteiger partial charge in [0.15, 0.2) is 5.13 Å². The number of carbonyl (C=O) groups excluding carboxylic acids is 1. The van der Waals surface area contributed by atoms with Crippen LogP contribution in [0.2, 0.25) is 0 Å². The summed E-state index contributed by atoms with van der Waals surface area (Å²) in [4.78, 5) is 21.4. The number of nitrogens with one attached hydrogen (secondary N) is 1. The third-order valence-corrected chi connectivity index (χ3v) is 4.20. The molecule has 0 unspecified atom stereocenters. The monoisotopic (exact) mass is 309 g/mol. The number of thiazole rings is 1. The summed E-state index contributed by atoms with van der Waals surface area (Å²) in [6.07, 6.45) is 5.03. The van der Waals surface area contributed by atoms with Gasteiger partial charge in [-0.1, -0.05) is 35.1 Å². The normalized spacial score (nSPS) is 10.5. The zero-order valence-corrected chi connectivity index (χ0v) is 13.1. The lowest BCUT2D eigenvalue weighted by Crippen LogP contribution is -2.01. The van der Waals surface area contributed by atoms with Crippen molar-refractivity contribution in [1.82, 2.24) is 9.97 Å². The molecule has 0 radical (unpaired) electrons. The van der Waals surface area contributed by atoms with Crippen molar-refractivity contribution >= 4 is 27.9 Å². The molecule has 0 aliphatic carbocycles. The molecule has 0 atom stereocenters. The van der Waals surface area contributed by atoms with Crippen molar-refractivity contribution in [2.75, 3.05) is 5.32 Å². The molecular formula is C17H15N3OS. The van der Waals surface area contributed by atoms with Gasteiger partial charge in [-0.05, 0) is 31.5 Å². The van der Waals surface area contributed by atoms with Crippen molar-refractivity contribution < 1.29 is 4.79 Å². The molecule has 3 rings (SSSR count). The Kier molecular flexibility index (Phi) is 3.98. The molecule has 0 aliphatic rings. The zero-order chi connectivity index (χ0) is 15.5. The number of ketones is 1. The van der Waals surface area contributed by atoms with Crippen LogP contribution in [0.5, 0.6) is 0 Å². The predicted octanol–water partition coefficient (Wildman–Crippen LogP) is 4.13. The Bertz CT molecular complexity index is 812. The lowest BCUT2D eigenvalue weighted by molar-refractivity contribution is 0.104. The third kappa shape index (κ3) is 3.04. The van der Waals surface area contributed by atoms with Gasteiger partial charge in [-0.15, -0.1) is 0 Å². The first-order valence-corrected chi connectivity index (χ1v) is 7.70. The summed E-state index contributed by atoms with van der Waals surface area (Å²) in [5, 5.41) is 3.86. The van der Waals surface area contributed by atoms with Crippen LogP contribution in [0.1, 0.15) is 26.4 Å². The molecule has 0 amide bonds. The fraction of sp³-hybridized carbons (Fsp3) is 0.118. The molecule has 0 bridgehead atoms. The summed E-state index contributed by atoms with van der Waals surface area (Å²) >= 11 is 1.35. The highest BCUT2D eigenvalue weighted by Gasteiger charge is 2.15. The first-order valence-electron chi connectivity index (χ1n) is 6.88. The molecule has 0 saturated heterocycles. The second kappa shape index (κ2) is 6.07. The Balaban J connectivity index is 1.82. The zero-order valence-electron chi connectivity index (χ0n) is 12.3. The average molecular weight is 309 g/mol.